The fourth-order valence-electron chi connectivity index (χ4n) is 3.87. The molecule has 1 N–H and O–H groups in total. The van der Waals surface area contributed by atoms with Crippen LogP contribution in [0.5, 0.6) is 0 Å². The Morgan fingerprint density at radius 3 is 2.47 bits per heavy atom. The van der Waals surface area contributed by atoms with Crippen LogP contribution in [0, 0.1) is 11.6 Å². The number of hydrogen-bond donors (Lipinski definition) is 1. The summed E-state index contributed by atoms with van der Waals surface area (Å²) in [6.45, 7) is 0.522. The first kappa shape index (κ1) is 20.6. The molecule has 3 aromatic rings. The number of nitrogens with one attached hydrogen (secondary N) is 1. The molecular formula is C21H22F2N4O2S. The SMILES string of the molecule is O=S(=O)(Cc1cc(F)cc(F)c1)NCCn1nc(-c2ccncc2)c2c1CCCC2. The molecule has 0 spiro atoms. The molecule has 30 heavy (non-hydrogen) atoms. The van der Waals surface area contributed by atoms with Gasteiger partial charge in [0, 0.05) is 41.8 Å². The van der Waals surface area contributed by atoms with Crippen LogP contribution in [0.4, 0.5) is 8.78 Å². The van der Waals surface area contributed by atoms with Gasteiger partial charge in [0.25, 0.3) is 0 Å². The normalized spacial score (nSPS) is 13.9. The molecule has 0 bridgehead atoms. The average Bonchev–Trinajstić information content (AvgIpc) is 3.06. The Kier molecular flexibility index (Phi) is 5.92. The van der Waals surface area contributed by atoms with Gasteiger partial charge in [0.2, 0.25) is 10.0 Å². The highest BCUT2D eigenvalue weighted by molar-refractivity contribution is 7.88. The highest BCUT2D eigenvalue weighted by atomic mass is 32.2. The van der Waals surface area contributed by atoms with E-state index < -0.39 is 27.4 Å². The first-order chi connectivity index (χ1) is 14.4. The number of sulfonamides is 1. The lowest BCUT2D eigenvalue weighted by Gasteiger charge is -2.14. The number of aromatic nitrogens is 3. The second-order valence-electron chi connectivity index (χ2n) is 7.37. The van der Waals surface area contributed by atoms with Crippen molar-refractivity contribution in [1.82, 2.24) is 19.5 Å². The van der Waals surface area contributed by atoms with Crippen molar-refractivity contribution in [1.29, 1.82) is 0 Å². The summed E-state index contributed by atoms with van der Waals surface area (Å²) >= 11 is 0. The maximum Gasteiger partial charge on any atom is 0.215 e. The Morgan fingerprint density at radius 1 is 1.03 bits per heavy atom. The standard InChI is InChI=1S/C21H22F2N4O2S/c22-17-11-15(12-18(23)13-17)14-30(28,29)25-9-10-27-20-4-2-1-3-19(20)21(26-27)16-5-7-24-8-6-16/h5-8,11-13,25H,1-4,9-10,14H2. The fraction of sp³-hybridized carbons (Fsp3) is 0.333. The minimum Gasteiger partial charge on any atom is -0.267 e. The van der Waals surface area contributed by atoms with Crippen molar-refractivity contribution >= 4 is 10.0 Å². The lowest BCUT2D eigenvalue weighted by Crippen LogP contribution is -2.29. The lowest BCUT2D eigenvalue weighted by molar-refractivity contribution is 0.538. The maximum absolute atomic E-state index is 13.3. The van der Waals surface area contributed by atoms with Crippen LogP contribution in [-0.4, -0.2) is 29.7 Å². The van der Waals surface area contributed by atoms with Crippen LogP contribution in [0.15, 0.2) is 42.7 Å². The van der Waals surface area contributed by atoms with Crippen LogP contribution in [0.2, 0.25) is 0 Å². The molecule has 158 valence electrons. The summed E-state index contributed by atoms with van der Waals surface area (Å²) in [7, 11) is -3.74. The van der Waals surface area contributed by atoms with E-state index in [0.29, 0.717) is 12.6 Å². The van der Waals surface area contributed by atoms with Crippen molar-refractivity contribution in [2.45, 2.75) is 38.0 Å². The van der Waals surface area contributed by atoms with Gasteiger partial charge in [-0.2, -0.15) is 5.10 Å². The Bertz CT molecular complexity index is 1130. The molecule has 4 rings (SSSR count). The predicted octanol–water partition coefficient (Wildman–Crippen LogP) is 3.22. The van der Waals surface area contributed by atoms with Crippen molar-refractivity contribution in [2.75, 3.05) is 6.54 Å². The minimum absolute atomic E-state index is 0.0661. The van der Waals surface area contributed by atoms with Gasteiger partial charge >= 0.3 is 0 Å². The number of rotatable bonds is 7. The van der Waals surface area contributed by atoms with Crippen molar-refractivity contribution in [3.05, 3.63) is 71.2 Å². The number of fused-ring (bicyclic) bond motifs is 1. The molecule has 1 aromatic carbocycles. The van der Waals surface area contributed by atoms with Gasteiger partial charge in [-0.15, -0.1) is 0 Å². The summed E-state index contributed by atoms with van der Waals surface area (Å²) in [5.74, 6) is -2.08. The van der Waals surface area contributed by atoms with E-state index in [9.17, 15) is 17.2 Å². The van der Waals surface area contributed by atoms with E-state index in [2.05, 4.69) is 9.71 Å². The first-order valence-electron chi connectivity index (χ1n) is 9.82. The zero-order chi connectivity index (χ0) is 21.1. The molecule has 1 aliphatic carbocycles. The van der Waals surface area contributed by atoms with Gasteiger partial charge in [0.15, 0.2) is 0 Å². The Morgan fingerprint density at radius 2 is 1.73 bits per heavy atom. The van der Waals surface area contributed by atoms with E-state index in [1.54, 1.807) is 12.4 Å². The average molecular weight is 432 g/mol. The summed E-state index contributed by atoms with van der Waals surface area (Å²) in [6.07, 6.45) is 7.49. The third-order valence-corrected chi connectivity index (χ3v) is 6.49. The van der Waals surface area contributed by atoms with Crippen LogP contribution in [0.1, 0.15) is 29.7 Å². The molecule has 0 fully saturated rings. The predicted molar refractivity (Wildman–Crippen MR) is 109 cm³/mol. The third-order valence-electron chi connectivity index (χ3n) is 5.14. The van der Waals surface area contributed by atoms with Crippen molar-refractivity contribution in [2.24, 2.45) is 0 Å². The second kappa shape index (κ2) is 8.61. The number of hydrogen-bond acceptors (Lipinski definition) is 4. The zero-order valence-electron chi connectivity index (χ0n) is 16.3. The number of halogens is 2. The summed E-state index contributed by atoms with van der Waals surface area (Å²) in [5.41, 5.74) is 4.34. The minimum atomic E-state index is -3.74. The maximum atomic E-state index is 13.3. The monoisotopic (exact) mass is 432 g/mol. The number of benzene rings is 1. The molecule has 0 atom stereocenters. The summed E-state index contributed by atoms with van der Waals surface area (Å²) in [4.78, 5) is 4.05. The van der Waals surface area contributed by atoms with Gasteiger partial charge in [-0.3, -0.25) is 9.67 Å². The summed E-state index contributed by atoms with van der Waals surface area (Å²) in [6, 6.07) is 6.59. The smallest absolute Gasteiger partial charge is 0.215 e. The quantitative estimate of drug-likeness (QED) is 0.622. The zero-order valence-corrected chi connectivity index (χ0v) is 17.1. The van der Waals surface area contributed by atoms with Crippen molar-refractivity contribution in [3.8, 4) is 11.3 Å². The first-order valence-corrected chi connectivity index (χ1v) is 11.5. The van der Waals surface area contributed by atoms with E-state index in [4.69, 9.17) is 5.10 Å². The molecule has 0 unspecified atom stereocenters. The van der Waals surface area contributed by atoms with E-state index in [-0.39, 0.29) is 12.1 Å². The molecule has 0 saturated carbocycles. The highest BCUT2D eigenvalue weighted by Crippen LogP contribution is 2.30. The molecule has 2 heterocycles. The second-order valence-corrected chi connectivity index (χ2v) is 9.18. The summed E-state index contributed by atoms with van der Waals surface area (Å²) < 4.78 is 55.7. The molecule has 0 saturated heterocycles. The Labute approximate surface area is 174 Å². The molecule has 6 nitrogen and oxygen atoms in total. The molecule has 0 radical (unpaired) electrons. The van der Waals surface area contributed by atoms with E-state index in [1.807, 2.05) is 16.8 Å². The van der Waals surface area contributed by atoms with Gasteiger partial charge in [0.05, 0.1) is 18.0 Å². The van der Waals surface area contributed by atoms with Gasteiger partial charge in [-0.05, 0) is 55.5 Å². The van der Waals surface area contributed by atoms with Crippen LogP contribution in [0.25, 0.3) is 11.3 Å². The fourth-order valence-corrected chi connectivity index (χ4v) is 4.98. The number of pyridine rings is 1. The molecule has 0 amide bonds. The van der Waals surface area contributed by atoms with Gasteiger partial charge < -0.3 is 0 Å². The van der Waals surface area contributed by atoms with Crippen LogP contribution in [-0.2, 0) is 35.2 Å². The van der Waals surface area contributed by atoms with Gasteiger partial charge in [-0.1, -0.05) is 0 Å². The largest absolute Gasteiger partial charge is 0.267 e. The van der Waals surface area contributed by atoms with Crippen molar-refractivity contribution in [3.63, 3.8) is 0 Å². The molecule has 2 aromatic heterocycles. The van der Waals surface area contributed by atoms with Crippen LogP contribution in [0.3, 0.4) is 0 Å². The van der Waals surface area contributed by atoms with E-state index in [0.717, 1.165) is 54.8 Å². The van der Waals surface area contributed by atoms with E-state index >= 15 is 0 Å². The third kappa shape index (κ3) is 4.73. The van der Waals surface area contributed by atoms with E-state index in [1.165, 1.54) is 5.56 Å². The topological polar surface area (TPSA) is 76.9 Å². The highest BCUT2D eigenvalue weighted by Gasteiger charge is 2.22. The van der Waals surface area contributed by atoms with Gasteiger partial charge in [0.1, 0.15) is 11.6 Å². The molecule has 0 aliphatic heterocycles. The Balaban J connectivity index is 1.47. The van der Waals surface area contributed by atoms with Crippen LogP contribution < -0.4 is 4.72 Å². The lowest BCUT2D eigenvalue weighted by atomic mass is 9.94. The molecule has 9 heteroatoms. The van der Waals surface area contributed by atoms with Crippen molar-refractivity contribution < 1.29 is 17.2 Å². The summed E-state index contributed by atoms with van der Waals surface area (Å²) in [5, 5.41) is 4.74. The number of nitrogens with zero attached hydrogens (tertiary/aromatic N) is 3. The molecule has 1 aliphatic rings. The molecular weight excluding hydrogens is 410 g/mol. The Hall–Kier alpha value is -2.65. The van der Waals surface area contributed by atoms with Crippen LogP contribution >= 0.6 is 0 Å². The van der Waals surface area contributed by atoms with Gasteiger partial charge in [-0.25, -0.2) is 21.9 Å².